The van der Waals surface area contributed by atoms with Crippen molar-refractivity contribution in [2.45, 2.75) is 25.3 Å². The van der Waals surface area contributed by atoms with Crippen LogP contribution in [0.1, 0.15) is 18.1 Å². The lowest BCUT2D eigenvalue weighted by atomic mass is 10.1. The fourth-order valence-electron chi connectivity index (χ4n) is 3.02. The second kappa shape index (κ2) is 9.09. The van der Waals surface area contributed by atoms with Gasteiger partial charge in [-0.2, -0.15) is 0 Å². The van der Waals surface area contributed by atoms with Crippen molar-refractivity contribution in [3.8, 4) is 17.0 Å². The normalized spacial score (nSPS) is 12.5. The van der Waals surface area contributed by atoms with Gasteiger partial charge in [0.1, 0.15) is 18.2 Å². The molecule has 1 aromatic heterocycles. The minimum absolute atomic E-state index is 0.0232. The molecule has 0 saturated carbocycles. The van der Waals surface area contributed by atoms with Crippen LogP contribution in [0.3, 0.4) is 0 Å². The number of rotatable bonds is 7. The minimum Gasteiger partial charge on any atom is -0.507 e. The topological polar surface area (TPSA) is 131 Å². The first kappa shape index (κ1) is 22.8. The predicted molar refractivity (Wildman–Crippen MR) is 122 cm³/mol. The summed E-state index contributed by atoms with van der Waals surface area (Å²) in [7, 11) is -3.70. The number of nitrogens with one attached hydrogen (secondary N) is 1. The Morgan fingerprint density at radius 1 is 1.16 bits per heavy atom. The number of aromatic hydroxyl groups is 1. The highest BCUT2D eigenvalue weighted by atomic mass is 35.5. The Labute approximate surface area is 184 Å². The zero-order chi connectivity index (χ0) is 22.8. The van der Waals surface area contributed by atoms with E-state index in [1.165, 1.54) is 19.1 Å². The molecule has 0 aliphatic heterocycles. The molecule has 0 spiro atoms. The number of hydrogen-bond donors (Lipinski definition) is 4. The van der Waals surface area contributed by atoms with E-state index in [-0.39, 0.29) is 18.0 Å². The molecule has 2 aromatic carbocycles. The Bertz CT molecular complexity index is 1220. The largest absolute Gasteiger partial charge is 0.507 e. The molecule has 0 bridgehead atoms. The number of sulfonamides is 1. The number of pyridine rings is 1. The van der Waals surface area contributed by atoms with Crippen LogP contribution < -0.4 is 16.2 Å². The highest BCUT2D eigenvalue weighted by molar-refractivity contribution is 7.89. The molecule has 0 saturated heterocycles. The fraction of sp³-hybridized carbons (Fsp3) is 0.190. The maximum absolute atomic E-state index is 13.3. The second-order valence-corrected chi connectivity index (χ2v) is 9.56. The number of alkyl halides is 1. The SMILES string of the molecule is CC(Cc1ccc(-c2cc(Nc3ccc(Cl)cc3CF)ccc2O)nc1N)S(N)(=O)=O. The van der Waals surface area contributed by atoms with Gasteiger partial charge in [0.05, 0.1) is 10.9 Å². The molecular weight excluding hydrogens is 443 g/mol. The van der Waals surface area contributed by atoms with Crippen LogP contribution in [-0.4, -0.2) is 23.8 Å². The zero-order valence-electron chi connectivity index (χ0n) is 16.6. The number of benzene rings is 2. The van der Waals surface area contributed by atoms with Crippen molar-refractivity contribution in [1.82, 2.24) is 4.98 Å². The summed E-state index contributed by atoms with van der Waals surface area (Å²) >= 11 is 5.92. The van der Waals surface area contributed by atoms with Crippen LogP contribution in [0.4, 0.5) is 21.6 Å². The molecule has 164 valence electrons. The summed E-state index contributed by atoms with van der Waals surface area (Å²) in [6.45, 7) is 0.802. The van der Waals surface area contributed by atoms with Crippen LogP contribution in [0.25, 0.3) is 11.3 Å². The van der Waals surface area contributed by atoms with Crippen molar-refractivity contribution in [1.29, 1.82) is 0 Å². The van der Waals surface area contributed by atoms with Crippen LogP contribution in [0.2, 0.25) is 5.02 Å². The van der Waals surface area contributed by atoms with Gasteiger partial charge in [0.2, 0.25) is 10.0 Å². The van der Waals surface area contributed by atoms with Gasteiger partial charge in [-0.15, -0.1) is 0 Å². The van der Waals surface area contributed by atoms with Gasteiger partial charge in [-0.3, -0.25) is 0 Å². The van der Waals surface area contributed by atoms with E-state index in [0.29, 0.717) is 38.8 Å². The first-order valence-electron chi connectivity index (χ1n) is 9.30. The van der Waals surface area contributed by atoms with E-state index >= 15 is 0 Å². The second-order valence-electron chi connectivity index (χ2n) is 7.14. The number of nitrogens with zero attached hydrogens (tertiary/aromatic N) is 1. The molecule has 3 aromatic rings. The molecule has 0 radical (unpaired) electrons. The standard InChI is InChI=1S/C21H22ClFN4O3S/c1-12(31(25,29)30)8-13-2-5-19(27-21(13)24)17-10-16(4-7-20(17)28)26-18-6-3-15(22)9-14(18)11-23/h2-7,9-10,12,26,28H,8,11H2,1H3,(H2,24,27)(H2,25,29,30). The average Bonchev–Trinajstić information content (AvgIpc) is 2.71. The van der Waals surface area contributed by atoms with Crippen molar-refractivity contribution in [2.75, 3.05) is 11.1 Å². The minimum atomic E-state index is -3.70. The first-order valence-corrected chi connectivity index (χ1v) is 11.3. The fourth-order valence-corrected chi connectivity index (χ4v) is 3.63. The first-order chi connectivity index (χ1) is 14.6. The van der Waals surface area contributed by atoms with Crippen LogP contribution in [0.15, 0.2) is 48.5 Å². The summed E-state index contributed by atoms with van der Waals surface area (Å²) in [4.78, 5) is 4.31. The highest BCUT2D eigenvalue weighted by Crippen LogP contribution is 2.34. The Hall–Kier alpha value is -2.88. The van der Waals surface area contributed by atoms with Gasteiger partial charge in [-0.05, 0) is 61.4 Å². The van der Waals surface area contributed by atoms with Gasteiger partial charge in [0.25, 0.3) is 0 Å². The molecule has 1 heterocycles. The number of nitrogens with two attached hydrogens (primary N) is 2. The predicted octanol–water partition coefficient (Wildman–Crippen LogP) is 4.12. The number of phenolic OH excluding ortho intramolecular Hbond substituents is 1. The van der Waals surface area contributed by atoms with E-state index in [9.17, 15) is 17.9 Å². The number of aromatic nitrogens is 1. The van der Waals surface area contributed by atoms with Crippen LogP contribution in [0, 0.1) is 0 Å². The lowest BCUT2D eigenvalue weighted by Gasteiger charge is -2.14. The molecule has 31 heavy (non-hydrogen) atoms. The third kappa shape index (κ3) is 5.43. The molecule has 0 fully saturated rings. The van der Waals surface area contributed by atoms with Crippen molar-refractivity contribution < 1.29 is 17.9 Å². The van der Waals surface area contributed by atoms with E-state index in [0.717, 1.165) is 0 Å². The lowest BCUT2D eigenvalue weighted by molar-refractivity contribution is 0.477. The zero-order valence-corrected chi connectivity index (χ0v) is 18.2. The molecule has 1 unspecified atom stereocenters. The maximum atomic E-state index is 13.3. The number of halogens is 2. The van der Waals surface area contributed by atoms with Gasteiger partial charge < -0.3 is 16.2 Å². The maximum Gasteiger partial charge on any atom is 0.212 e. The summed E-state index contributed by atoms with van der Waals surface area (Å²) in [5, 5.41) is 18.2. The molecule has 7 nitrogen and oxygen atoms in total. The average molecular weight is 465 g/mol. The molecule has 1 atom stereocenters. The number of anilines is 3. The Balaban J connectivity index is 1.91. The van der Waals surface area contributed by atoms with Gasteiger partial charge in [-0.25, -0.2) is 22.9 Å². The smallest absolute Gasteiger partial charge is 0.212 e. The van der Waals surface area contributed by atoms with E-state index in [1.807, 2.05) is 0 Å². The van der Waals surface area contributed by atoms with E-state index in [1.54, 1.807) is 36.4 Å². The monoisotopic (exact) mass is 464 g/mol. The summed E-state index contributed by atoms with van der Waals surface area (Å²) < 4.78 is 36.3. The summed E-state index contributed by atoms with van der Waals surface area (Å²) in [6, 6.07) is 12.9. The molecule has 0 aliphatic rings. The third-order valence-corrected chi connectivity index (χ3v) is 6.37. The van der Waals surface area contributed by atoms with Gasteiger partial charge >= 0.3 is 0 Å². The number of primary sulfonamides is 1. The third-order valence-electron chi connectivity index (χ3n) is 4.84. The van der Waals surface area contributed by atoms with Crippen LogP contribution in [0.5, 0.6) is 5.75 Å². The number of nitrogen functional groups attached to an aromatic ring is 1. The molecule has 0 amide bonds. The summed E-state index contributed by atoms with van der Waals surface area (Å²) in [5.74, 6) is 0.119. The Morgan fingerprint density at radius 3 is 2.55 bits per heavy atom. The molecule has 3 rings (SSSR count). The van der Waals surface area contributed by atoms with Crippen molar-refractivity contribution >= 4 is 38.8 Å². The van der Waals surface area contributed by atoms with E-state index < -0.39 is 21.9 Å². The Kier molecular flexibility index (Phi) is 6.68. The lowest BCUT2D eigenvalue weighted by Crippen LogP contribution is -2.28. The van der Waals surface area contributed by atoms with Gasteiger partial charge in [0.15, 0.2) is 0 Å². The van der Waals surface area contributed by atoms with E-state index in [4.69, 9.17) is 22.5 Å². The quantitative estimate of drug-likeness (QED) is 0.389. The summed E-state index contributed by atoms with van der Waals surface area (Å²) in [6.07, 6.45) is 0.119. The van der Waals surface area contributed by atoms with Crippen molar-refractivity contribution in [2.24, 2.45) is 5.14 Å². The summed E-state index contributed by atoms with van der Waals surface area (Å²) in [5.41, 5.74) is 8.89. The van der Waals surface area contributed by atoms with E-state index in [2.05, 4.69) is 10.3 Å². The van der Waals surface area contributed by atoms with Crippen LogP contribution >= 0.6 is 11.6 Å². The highest BCUT2D eigenvalue weighted by Gasteiger charge is 2.18. The number of phenols is 1. The molecule has 0 aliphatic carbocycles. The van der Waals surface area contributed by atoms with Gasteiger partial charge in [0, 0.05) is 27.5 Å². The van der Waals surface area contributed by atoms with Gasteiger partial charge in [-0.1, -0.05) is 17.7 Å². The molecule has 10 heteroatoms. The van der Waals surface area contributed by atoms with Crippen LogP contribution in [-0.2, 0) is 23.1 Å². The molecular formula is C21H22ClFN4O3S. The Morgan fingerprint density at radius 2 is 1.90 bits per heavy atom. The van der Waals surface area contributed by atoms with Crippen molar-refractivity contribution in [3.05, 3.63) is 64.7 Å². The van der Waals surface area contributed by atoms with Crippen molar-refractivity contribution in [3.63, 3.8) is 0 Å². The molecule has 6 N–H and O–H groups in total. The number of hydrogen-bond acceptors (Lipinski definition) is 6.